The predicted molar refractivity (Wildman–Crippen MR) is 122 cm³/mol. The van der Waals surface area contributed by atoms with Gasteiger partial charge in [-0.3, -0.25) is 0 Å². The maximum Gasteiger partial charge on any atom is 0.186 e. The summed E-state index contributed by atoms with van der Waals surface area (Å²) in [4.78, 5) is 0. The molecular weight excluding hydrogens is 361 g/mol. The topological polar surface area (TPSA) is 15.7 Å². The van der Waals surface area contributed by atoms with Gasteiger partial charge >= 0.3 is 0 Å². The van der Waals surface area contributed by atoms with Crippen molar-refractivity contribution in [2.24, 2.45) is 0 Å². The highest BCUT2D eigenvalue weighted by molar-refractivity contribution is 6.89. The highest BCUT2D eigenvalue weighted by Crippen LogP contribution is 2.21. The van der Waals surface area contributed by atoms with Crippen molar-refractivity contribution in [3.8, 4) is 0 Å². The fourth-order valence-electron chi connectivity index (χ4n) is 3.48. The van der Waals surface area contributed by atoms with Gasteiger partial charge in [-0.2, -0.15) is 0 Å². The van der Waals surface area contributed by atoms with Gasteiger partial charge in [-0.1, -0.05) is 58.9 Å². The predicted octanol–water partition coefficient (Wildman–Crippen LogP) is 5.34. The highest BCUT2D eigenvalue weighted by Gasteiger charge is 2.35. The van der Waals surface area contributed by atoms with E-state index < -0.39 is 33.0 Å². The third kappa shape index (κ3) is 9.45. The van der Waals surface area contributed by atoms with Gasteiger partial charge in [-0.05, 0) is 38.6 Å². The lowest BCUT2D eigenvalue weighted by atomic mass is 10.4. The number of rotatable bonds is 11. The molecule has 24 heavy (non-hydrogen) atoms. The molecule has 7 heteroatoms. The Balaban J connectivity index is 4.86. The monoisotopic (exact) mass is 406 g/mol. The van der Waals surface area contributed by atoms with E-state index in [0.717, 1.165) is 0 Å². The van der Waals surface area contributed by atoms with E-state index in [1.807, 2.05) is 7.11 Å². The van der Waals surface area contributed by atoms with Gasteiger partial charge < -0.3 is 13.2 Å². The van der Waals surface area contributed by atoms with E-state index in [1.165, 1.54) is 32.1 Å². The molecule has 0 aliphatic heterocycles. The van der Waals surface area contributed by atoms with Crippen LogP contribution in [-0.4, -0.2) is 68.6 Å². The Morgan fingerprint density at radius 1 is 0.625 bits per heavy atom. The first-order valence-corrected chi connectivity index (χ1v) is 23.0. The second-order valence-electron chi connectivity index (χ2n) is 10.7. The summed E-state index contributed by atoms with van der Waals surface area (Å²) < 4.78 is 11.5. The van der Waals surface area contributed by atoms with Crippen molar-refractivity contribution in [3.05, 3.63) is 0 Å². The molecule has 0 N–H and O–H groups in total. The molecule has 0 rings (SSSR count). The minimum Gasteiger partial charge on any atom is -0.420 e. The summed E-state index contributed by atoms with van der Waals surface area (Å²) >= 11 is 0. The van der Waals surface area contributed by atoms with Crippen LogP contribution in [0.2, 0.25) is 78.1 Å². The summed E-state index contributed by atoms with van der Waals surface area (Å²) in [6.07, 6.45) is 1.29. The third-order valence-electron chi connectivity index (χ3n) is 4.92. The molecule has 0 heterocycles. The summed E-state index contributed by atoms with van der Waals surface area (Å²) in [7, 11) is -3.28. The van der Waals surface area contributed by atoms with Crippen LogP contribution in [0.3, 0.4) is 0 Å². The van der Waals surface area contributed by atoms with E-state index >= 15 is 0 Å². The molecule has 0 aliphatic rings. The summed E-state index contributed by atoms with van der Waals surface area (Å²) in [6.45, 7) is 31.0. The Bertz CT molecular complexity index is 356. The smallest absolute Gasteiger partial charge is 0.186 e. The molecule has 0 saturated carbocycles. The van der Waals surface area contributed by atoms with Gasteiger partial charge in [-0.15, -0.1) is 0 Å². The second-order valence-corrected chi connectivity index (χ2v) is 30.3. The van der Waals surface area contributed by atoms with Gasteiger partial charge in [-0.25, -0.2) is 0 Å². The lowest BCUT2D eigenvalue weighted by molar-refractivity contribution is 0.378. The molecule has 0 bridgehead atoms. The minimum absolute atomic E-state index is 1.24. The molecule has 0 amide bonds. The van der Waals surface area contributed by atoms with Crippen molar-refractivity contribution in [2.75, 3.05) is 26.7 Å². The standard InChI is InChI=1S/C17H46N2OSi4/c1-20-24(11,12)17-13-14-18(21(2,3)4)15-16-19(22(5,6)7)23(8,9)10/h13-17H2,1-12H3. The second kappa shape index (κ2) is 9.10. The Hall–Kier alpha value is 0.748. The van der Waals surface area contributed by atoms with Crippen LogP contribution in [0.5, 0.6) is 0 Å². The van der Waals surface area contributed by atoms with Crippen molar-refractivity contribution in [1.29, 1.82) is 0 Å². The van der Waals surface area contributed by atoms with Crippen molar-refractivity contribution in [3.63, 3.8) is 0 Å². The van der Waals surface area contributed by atoms with E-state index in [0.29, 0.717) is 0 Å². The van der Waals surface area contributed by atoms with Crippen LogP contribution in [0.25, 0.3) is 0 Å². The first-order chi connectivity index (χ1) is 10.5. The molecule has 0 fully saturated rings. The minimum atomic E-state index is -1.42. The first kappa shape index (κ1) is 24.7. The average molecular weight is 407 g/mol. The molecule has 0 aliphatic carbocycles. The quantitative estimate of drug-likeness (QED) is 0.431. The Morgan fingerprint density at radius 3 is 1.42 bits per heavy atom. The number of hydrogen-bond donors (Lipinski definition) is 0. The van der Waals surface area contributed by atoms with Crippen LogP contribution in [0, 0.1) is 0 Å². The largest absolute Gasteiger partial charge is 0.420 e. The summed E-state index contributed by atoms with van der Waals surface area (Å²) in [5.41, 5.74) is 0. The van der Waals surface area contributed by atoms with E-state index in [9.17, 15) is 0 Å². The van der Waals surface area contributed by atoms with Gasteiger partial charge in [0.25, 0.3) is 0 Å². The fraction of sp³-hybridized carbons (Fsp3) is 1.00. The lowest BCUT2D eigenvalue weighted by Crippen LogP contribution is -2.62. The highest BCUT2D eigenvalue weighted by atomic mass is 28.4. The molecule has 3 nitrogen and oxygen atoms in total. The molecule has 0 aromatic heterocycles. The summed E-state index contributed by atoms with van der Waals surface area (Å²) in [6, 6.07) is 1.27. The van der Waals surface area contributed by atoms with Gasteiger partial charge in [0.15, 0.2) is 8.32 Å². The summed E-state index contributed by atoms with van der Waals surface area (Å²) in [5.74, 6) is 0. The van der Waals surface area contributed by atoms with Crippen LogP contribution in [0.15, 0.2) is 0 Å². The van der Waals surface area contributed by atoms with Crippen LogP contribution >= 0.6 is 0 Å². The van der Waals surface area contributed by atoms with Gasteiger partial charge in [0.05, 0.1) is 0 Å². The molecule has 0 spiro atoms. The molecule has 0 aromatic rings. The van der Waals surface area contributed by atoms with Crippen LogP contribution in [0.4, 0.5) is 0 Å². The Kier molecular flexibility index (Phi) is 9.38. The van der Waals surface area contributed by atoms with Crippen LogP contribution in [-0.2, 0) is 4.43 Å². The molecule has 0 radical (unpaired) electrons. The molecule has 0 unspecified atom stereocenters. The fourth-order valence-corrected chi connectivity index (χ4v) is 15.9. The lowest BCUT2D eigenvalue weighted by Gasteiger charge is -2.46. The average Bonchev–Trinajstić information content (AvgIpc) is 2.32. The van der Waals surface area contributed by atoms with Crippen LogP contribution < -0.4 is 0 Å². The van der Waals surface area contributed by atoms with Gasteiger partial charge in [0.2, 0.25) is 0 Å². The molecule has 0 atom stereocenters. The SMILES string of the molecule is CO[Si](C)(C)CCCN(CCN([Si](C)(C)C)[Si](C)(C)C)[Si](C)(C)C. The van der Waals surface area contributed by atoms with Crippen molar-refractivity contribution < 1.29 is 4.43 Å². The maximum atomic E-state index is 5.73. The Morgan fingerprint density at radius 2 is 1.08 bits per heavy atom. The van der Waals surface area contributed by atoms with Crippen LogP contribution in [0.1, 0.15) is 6.42 Å². The van der Waals surface area contributed by atoms with Gasteiger partial charge in [0, 0.05) is 13.7 Å². The van der Waals surface area contributed by atoms with Crippen molar-refractivity contribution >= 4 is 33.0 Å². The van der Waals surface area contributed by atoms with E-state index in [1.54, 1.807) is 0 Å². The van der Waals surface area contributed by atoms with E-state index in [-0.39, 0.29) is 0 Å². The first-order valence-electron chi connectivity index (χ1n) is 9.59. The van der Waals surface area contributed by atoms with Gasteiger partial charge in [0.1, 0.15) is 24.7 Å². The zero-order valence-electron chi connectivity index (χ0n) is 18.8. The normalized spacial score (nSPS) is 14.8. The number of nitrogens with zero attached hydrogens (tertiary/aromatic N) is 2. The maximum absolute atomic E-state index is 5.73. The zero-order valence-corrected chi connectivity index (χ0v) is 22.8. The van der Waals surface area contributed by atoms with E-state index in [4.69, 9.17) is 4.43 Å². The number of hydrogen-bond acceptors (Lipinski definition) is 3. The van der Waals surface area contributed by atoms with E-state index in [2.05, 4.69) is 80.8 Å². The molecule has 0 saturated heterocycles. The molecule has 146 valence electrons. The third-order valence-corrected chi connectivity index (χ3v) is 17.6. The molecule has 0 aromatic carbocycles. The Labute approximate surface area is 157 Å². The summed E-state index contributed by atoms with van der Waals surface area (Å²) in [5, 5.41) is 0. The molecular formula is C17H46N2OSi4. The zero-order chi connectivity index (χ0) is 19.4. The van der Waals surface area contributed by atoms with Crippen molar-refractivity contribution in [2.45, 2.75) is 84.5 Å². The van der Waals surface area contributed by atoms with Crippen molar-refractivity contribution in [1.82, 2.24) is 8.80 Å².